The highest BCUT2D eigenvalue weighted by Crippen LogP contribution is 2.16. The van der Waals surface area contributed by atoms with Gasteiger partial charge in [-0.2, -0.15) is 0 Å². The average Bonchev–Trinajstić information content (AvgIpc) is 2.06. The van der Waals surface area contributed by atoms with Crippen molar-refractivity contribution in [2.45, 2.75) is 6.61 Å². The molecular formula is C8H11NO2. The predicted molar refractivity (Wildman–Crippen MR) is 42.0 cm³/mol. The molecule has 60 valence electrons. The van der Waals surface area contributed by atoms with Crippen LogP contribution in [0.15, 0.2) is 24.3 Å². The van der Waals surface area contributed by atoms with Crippen LogP contribution in [0.4, 0.5) is 0 Å². The van der Waals surface area contributed by atoms with Gasteiger partial charge < -0.3 is 4.74 Å². The highest BCUT2D eigenvalue weighted by atomic mass is 16.6. The molecule has 0 fully saturated rings. The summed E-state index contributed by atoms with van der Waals surface area (Å²) in [4.78, 5) is 4.49. The molecule has 1 aromatic rings. The van der Waals surface area contributed by atoms with E-state index in [1.54, 1.807) is 7.11 Å². The van der Waals surface area contributed by atoms with E-state index in [2.05, 4.69) is 4.84 Å². The summed E-state index contributed by atoms with van der Waals surface area (Å²) in [5.74, 6) is 5.73. The molecule has 0 radical (unpaired) electrons. The number of rotatable bonds is 3. The maximum atomic E-state index is 5.06. The summed E-state index contributed by atoms with van der Waals surface area (Å²) < 4.78 is 5.06. The zero-order valence-corrected chi connectivity index (χ0v) is 6.41. The second kappa shape index (κ2) is 3.95. The summed E-state index contributed by atoms with van der Waals surface area (Å²) in [5, 5.41) is 0. The Morgan fingerprint density at radius 2 is 2.09 bits per heavy atom. The smallest absolute Gasteiger partial charge is 0.124 e. The van der Waals surface area contributed by atoms with Crippen molar-refractivity contribution in [2.75, 3.05) is 7.11 Å². The summed E-state index contributed by atoms with van der Waals surface area (Å²) in [6.07, 6.45) is 0. The first-order chi connectivity index (χ1) is 5.38. The van der Waals surface area contributed by atoms with Crippen LogP contribution in [0.5, 0.6) is 5.75 Å². The summed E-state index contributed by atoms with van der Waals surface area (Å²) in [6.45, 7) is 0.379. The molecular weight excluding hydrogens is 142 g/mol. The Kier molecular flexibility index (Phi) is 2.89. The van der Waals surface area contributed by atoms with Gasteiger partial charge in [-0.25, -0.2) is 5.90 Å². The zero-order chi connectivity index (χ0) is 8.10. The first-order valence-corrected chi connectivity index (χ1v) is 3.32. The Balaban J connectivity index is 2.83. The van der Waals surface area contributed by atoms with E-state index in [1.807, 2.05) is 24.3 Å². The number of nitrogens with two attached hydrogens (primary N) is 1. The van der Waals surface area contributed by atoms with Crippen molar-refractivity contribution in [3.8, 4) is 5.75 Å². The lowest BCUT2D eigenvalue weighted by Crippen LogP contribution is -2.00. The van der Waals surface area contributed by atoms with Crippen LogP contribution in [-0.4, -0.2) is 7.11 Å². The van der Waals surface area contributed by atoms with Gasteiger partial charge >= 0.3 is 0 Å². The van der Waals surface area contributed by atoms with Gasteiger partial charge in [0.15, 0.2) is 0 Å². The Morgan fingerprint density at radius 3 is 2.73 bits per heavy atom. The molecule has 0 saturated heterocycles. The molecule has 0 heterocycles. The molecule has 0 bridgehead atoms. The molecule has 1 rings (SSSR count). The fourth-order valence-corrected chi connectivity index (χ4v) is 0.912. The van der Waals surface area contributed by atoms with Gasteiger partial charge in [0.2, 0.25) is 0 Å². The van der Waals surface area contributed by atoms with Crippen molar-refractivity contribution in [2.24, 2.45) is 5.90 Å². The van der Waals surface area contributed by atoms with Crippen LogP contribution in [0, 0.1) is 0 Å². The van der Waals surface area contributed by atoms with E-state index in [-0.39, 0.29) is 0 Å². The van der Waals surface area contributed by atoms with Crippen LogP contribution in [-0.2, 0) is 11.4 Å². The molecule has 2 N–H and O–H groups in total. The minimum Gasteiger partial charge on any atom is -0.496 e. The van der Waals surface area contributed by atoms with E-state index in [1.165, 1.54) is 0 Å². The topological polar surface area (TPSA) is 44.5 Å². The molecule has 0 amide bonds. The van der Waals surface area contributed by atoms with Crippen LogP contribution in [0.25, 0.3) is 0 Å². The van der Waals surface area contributed by atoms with Crippen molar-refractivity contribution in [3.05, 3.63) is 29.8 Å². The summed E-state index contributed by atoms with van der Waals surface area (Å²) >= 11 is 0. The van der Waals surface area contributed by atoms with Crippen molar-refractivity contribution < 1.29 is 9.57 Å². The third-order valence-corrected chi connectivity index (χ3v) is 1.43. The summed E-state index contributed by atoms with van der Waals surface area (Å²) in [6, 6.07) is 7.59. The molecule has 1 aromatic carbocycles. The molecule has 11 heavy (non-hydrogen) atoms. The van der Waals surface area contributed by atoms with Gasteiger partial charge in [-0.15, -0.1) is 0 Å². The predicted octanol–water partition coefficient (Wildman–Crippen LogP) is 1.09. The number of ether oxygens (including phenoxy) is 1. The first kappa shape index (κ1) is 8.04. The van der Waals surface area contributed by atoms with Crippen LogP contribution in [0.2, 0.25) is 0 Å². The average molecular weight is 153 g/mol. The molecule has 3 nitrogen and oxygen atoms in total. The van der Waals surface area contributed by atoms with Crippen LogP contribution in [0.1, 0.15) is 5.56 Å². The monoisotopic (exact) mass is 153 g/mol. The van der Waals surface area contributed by atoms with Gasteiger partial charge in [-0.3, -0.25) is 4.84 Å². The van der Waals surface area contributed by atoms with Gasteiger partial charge in [-0.1, -0.05) is 18.2 Å². The lowest BCUT2D eigenvalue weighted by Gasteiger charge is -2.05. The maximum Gasteiger partial charge on any atom is 0.124 e. The van der Waals surface area contributed by atoms with Crippen LogP contribution in [0.3, 0.4) is 0 Å². The normalized spacial score (nSPS) is 9.64. The maximum absolute atomic E-state index is 5.06. The van der Waals surface area contributed by atoms with E-state index in [0.29, 0.717) is 6.61 Å². The van der Waals surface area contributed by atoms with Crippen molar-refractivity contribution in [1.82, 2.24) is 0 Å². The van der Waals surface area contributed by atoms with Gasteiger partial charge in [-0.05, 0) is 6.07 Å². The molecule has 0 atom stereocenters. The van der Waals surface area contributed by atoms with E-state index in [0.717, 1.165) is 11.3 Å². The Hall–Kier alpha value is -1.06. The first-order valence-electron chi connectivity index (χ1n) is 3.32. The number of hydrogen-bond donors (Lipinski definition) is 1. The Bertz CT molecular complexity index is 225. The van der Waals surface area contributed by atoms with Crippen molar-refractivity contribution in [3.63, 3.8) is 0 Å². The van der Waals surface area contributed by atoms with Crippen molar-refractivity contribution >= 4 is 0 Å². The standard InChI is InChI=1S/C8H11NO2/c1-10-8-5-3-2-4-7(8)6-11-9/h2-5H,6,9H2,1H3. The number of benzene rings is 1. The van der Waals surface area contributed by atoms with E-state index >= 15 is 0 Å². The summed E-state index contributed by atoms with van der Waals surface area (Å²) in [7, 11) is 1.62. The quantitative estimate of drug-likeness (QED) is 0.661. The van der Waals surface area contributed by atoms with Crippen LogP contribution >= 0.6 is 0 Å². The van der Waals surface area contributed by atoms with E-state index in [9.17, 15) is 0 Å². The third kappa shape index (κ3) is 1.93. The van der Waals surface area contributed by atoms with E-state index in [4.69, 9.17) is 10.6 Å². The van der Waals surface area contributed by atoms with Gasteiger partial charge in [0.05, 0.1) is 13.7 Å². The molecule has 0 aliphatic heterocycles. The number of methoxy groups -OCH3 is 1. The number of para-hydroxylation sites is 1. The molecule has 0 unspecified atom stereocenters. The Morgan fingerprint density at radius 1 is 1.36 bits per heavy atom. The molecule has 3 heteroatoms. The van der Waals surface area contributed by atoms with Gasteiger partial charge in [0.25, 0.3) is 0 Å². The molecule has 0 aliphatic rings. The minimum absolute atomic E-state index is 0.379. The Labute approximate surface area is 65.7 Å². The minimum atomic E-state index is 0.379. The largest absolute Gasteiger partial charge is 0.496 e. The van der Waals surface area contributed by atoms with Crippen LogP contribution < -0.4 is 10.6 Å². The highest BCUT2D eigenvalue weighted by molar-refractivity contribution is 5.32. The van der Waals surface area contributed by atoms with Gasteiger partial charge in [0, 0.05) is 5.56 Å². The SMILES string of the molecule is COc1ccccc1CON. The lowest BCUT2D eigenvalue weighted by molar-refractivity contribution is 0.122. The zero-order valence-electron chi connectivity index (χ0n) is 6.41. The second-order valence-electron chi connectivity index (χ2n) is 2.12. The van der Waals surface area contributed by atoms with E-state index < -0.39 is 0 Å². The fourth-order valence-electron chi connectivity index (χ4n) is 0.912. The molecule has 0 aromatic heterocycles. The number of hydrogen-bond acceptors (Lipinski definition) is 3. The second-order valence-corrected chi connectivity index (χ2v) is 2.12. The lowest BCUT2D eigenvalue weighted by atomic mass is 10.2. The van der Waals surface area contributed by atoms with Gasteiger partial charge in [0.1, 0.15) is 5.75 Å². The molecule has 0 aliphatic carbocycles. The third-order valence-electron chi connectivity index (χ3n) is 1.43. The fraction of sp³-hybridized carbons (Fsp3) is 0.250. The highest BCUT2D eigenvalue weighted by Gasteiger charge is 1.98. The molecule has 0 saturated carbocycles. The summed E-state index contributed by atoms with van der Waals surface area (Å²) in [5.41, 5.74) is 0.956. The van der Waals surface area contributed by atoms with Crippen molar-refractivity contribution in [1.29, 1.82) is 0 Å². The molecule has 0 spiro atoms.